The van der Waals surface area contributed by atoms with Crippen LogP contribution in [-0.4, -0.2) is 47.1 Å². The van der Waals surface area contributed by atoms with Gasteiger partial charge in [-0.3, -0.25) is 4.98 Å². The van der Waals surface area contributed by atoms with Gasteiger partial charge >= 0.3 is 0 Å². The summed E-state index contributed by atoms with van der Waals surface area (Å²) in [4.78, 5) is 8.54. The lowest BCUT2D eigenvalue weighted by atomic mass is 10.1. The molecule has 24 heavy (non-hydrogen) atoms. The monoisotopic (exact) mass is 362 g/mol. The Morgan fingerprint density at radius 3 is 2.67 bits per heavy atom. The van der Waals surface area contributed by atoms with E-state index in [4.69, 9.17) is 23.8 Å². The van der Waals surface area contributed by atoms with Crippen LogP contribution in [0, 0.1) is 0 Å². The third-order valence-corrected chi connectivity index (χ3v) is 4.33. The van der Waals surface area contributed by atoms with Crippen LogP contribution < -0.4 is 5.32 Å². The number of rotatable bonds is 6. The minimum Gasteiger partial charge on any atom is -0.341 e. The van der Waals surface area contributed by atoms with E-state index in [1.165, 1.54) is 0 Å². The van der Waals surface area contributed by atoms with Crippen molar-refractivity contribution in [2.45, 2.75) is 13.0 Å². The Morgan fingerprint density at radius 2 is 2.04 bits per heavy atom. The van der Waals surface area contributed by atoms with Crippen LogP contribution in [-0.2, 0) is 0 Å². The highest BCUT2D eigenvalue weighted by Crippen LogP contribution is 2.21. The molecule has 1 aromatic heterocycles. The highest BCUT2D eigenvalue weighted by molar-refractivity contribution is 7.80. The molecule has 0 saturated heterocycles. The van der Waals surface area contributed by atoms with Crippen molar-refractivity contribution in [3.8, 4) is 0 Å². The molecule has 0 saturated carbocycles. The van der Waals surface area contributed by atoms with Gasteiger partial charge in [0.15, 0.2) is 5.11 Å². The molecule has 0 amide bonds. The number of aromatic nitrogens is 1. The lowest BCUT2D eigenvalue weighted by molar-refractivity contribution is 0.289. The lowest BCUT2D eigenvalue weighted by Crippen LogP contribution is -2.40. The maximum Gasteiger partial charge on any atom is 0.173 e. The van der Waals surface area contributed by atoms with Gasteiger partial charge in [0.05, 0.1) is 6.04 Å². The van der Waals surface area contributed by atoms with E-state index in [0.29, 0.717) is 10.1 Å². The molecule has 4 nitrogen and oxygen atoms in total. The molecule has 128 valence electrons. The topological polar surface area (TPSA) is 31.4 Å². The molecule has 0 aliphatic heterocycles. The van der Waals surface area contributed by atoms with Gasteiger partial charge in [-0.1, -0.05) is 23.7 Å². The highest BCUT2D eigenvalue weighted by Gasteiger charge is 2.19. The molecule has 0 aliphatic carbocycles. The number of halogens is 1. The molecule has 0 aliphatic rings. The normalized spacial score (nSPS) is 12.0. The Morgan fingerprint density at radius 1 is 1.25 bits per heavy atom. The van der Waals surface area contributed by atoms with Crippen molar-refractivity contribution >= 4 is 34.6 Å². The summed E-state index contributed by atoms with van der Waals surface area (Å²) in [5.41, 5.74) is 2.02. The van der Waals surface area contributed by atoms with Crippen molar-refractivity contribution in [2.75, 3.05) is 32.5 Å². The van der Waals surface area contributed by atoms with Gasteiger partial charge in [-0.2, -0.15) is 0 Å². The highest BCUT2D eigenvalue weighted by atomic mass is 35.5. The van der Waals surface area contributed by atoms with E-state index in [1.54, 1.807) is 6.20 Å². The van der Waals surface area contributed by atoms with Gasteiger partial charge in [-0.05, 0) is 63.1 Å². The van der Waals surface area contributed by atoms with Crippen molar-refractivity contribution in [3.63, 3.8) is 0 Å². The molecule has 2 aromatic rings. The van der Waals surface area contributed by atoms with Gasteiger partial charge in [0, 0.05) is 36.2 Å². The first-order chi connectivity index (χ1) is 11.5. The Labute approximate surface area is 154 Å². The number of hydrogen-bond acceptors (Lipinski definition) is 3. The van der Waals surface area contributed by atoms with Gasteiger partial charge < -0.3 is 15.1 Å². The van der Waals surface area contributed by atoms with Crippen LogP contribution in [0.15, 0.2) is 48.8 Å². The first-order valence-corrected chi connectivity index (χ1v) is 8.64. The van der Waals surface area contributed by atoms with Gasteiger partial charge in [0.1, 0.15) is 0 Å². The Balaban J connectivity index is 2.16. The number of hydrogen-bond donors (Lipinski definition) is 1. The predicted octanol–water partition coefficient (Wildman–Crippen LogP) is 4.06. The number of nitrogens with one attached hydrogen (secondary N) is 1. The van der Waals surface area contributed by atoms with Crippen molar-refractivity contribution in [1.29, 1.82) is 0 Å². The SMILES string of the molecule is C[C@H](c1cccnc1)N(CCN(C)C)C(=S)Nc1cccc(Cl)c1. The van der Waals surface area contributed by atoms with Crippen molar-refractivity contribution < 1.29 is 0 Å². The van der Waals surface area contributed by atoms with Crippen LogP contribution in [0.4, 0.5) is 5.69 Å². The largest absolute Gasteiger partial charge is 0.341 e. The summed E-state index contributed by atoms with van der Waals surface area (Å²) >= 11 is 11.7. The zero-order valence-electron chi connectivity index (χ0n) is 14.2. The Kier molecular flexibility index (Phi) is 6.97. The zero-order valence-corrected chi connectivity index (χ0v) is 15.8. The van der Waals surface area contributed by atoms with Gasteiger partial charge in [0.25, 0.3) is 0 Å². The zero-order chi connectivity index (χ0) is 17.5. The Bertz CT molecular complexity index is 663. The molecule has 6 heteroatoms. The molecule has 0 fully saturated rings. The average Bonchev–Trinajstić information content (AvgIpc) is 2.55. The molecular weight excluding hydrogens is 340 g/mol. The summed E-state index contributed by atoms with van der Waals surface area (Å²) in [6.07, 6.45) is 3.66. The van der Waals surface area contributed by atoms with Crippen LogP contribution in [0.25, 0.3) is 0 Å². The summed E-state index contributed by atoms with van der Waals surface area (Å²) in [5.74, 6) is 0. The van der Waals surface area contributed by atoms with E-state index in [9.17, 15) is 0 Å². The minimum absolute atomic E-state index is 0.123. The maximum absolute atomic E-state index is 6.06. The van der Waals surface area contributed by atoms with Crippen LogP contribution in [0.5, 0.6) is 0 Å². The fourth-order valence-corrected chi connectivity index (χ4v) is 2.90. The second-order valence-corrected chi connectivity index (χ2v) is 6.72. The summed E-state index contributed by atoms with van der Waals surface area (Å²) in [7, 11) is 4.11. The molecule has 2 rings (SSSR count). The molecule has 1 heterocycles. The lowest BCUT2D eigenvalue weighted by Gasteiger charge is -2.33. The van der Waals surface area contributed by atoms with Crippen LogP contribution in [0.1, 0.15) is 18.5 Å². The first kappa shape index (κ1) is 18.6. The number of nitrogens with zero attached hydrogens (tertiary/aromatic N) is 3. The van der Waals surface area contributed by atoms with Crippen LogP contribution >= 0.6 is 23.8 Å². The first-order valence-electron chi connectivity index (χ1n) is 7.85. The van der Waals surface area contributed by atoms with Crippen molar-refractivity contribution in [1.82, 2.24) is 14.8 Å². The predicted molar refractivity (Wildman–Crippen MR) is 106 cm³/mol. The van der Waals surface area contributed by atoms with Gasteiger partial charge in [0.2, 0.25) is 0 Å². The molecule has 0 unspecified atom stereocenters. The van der Waals surface area contributed by atoms with E-state index < -0.39 is 0 Å². The molecule has 1 N–H and O–H groups in total. The molecule has 0 bridgehead atoms. The summed E-state index contributed by atoms with van der Waals surface area (Å²) in [6.45, 7) is 3.86. The summed E-state index contributed by atoms with van der Waals surface area (Å²) < 4.78 is 0. The number of pyridine rings is 1. The van der Waals surface area contributed by atoms with E-state index in [1.807, 2.05) is 36.5 Å². The summed E-state index contributed by atoms with van der Waals surface area (Å²) in [5, 5.41) is 4.65. The number of thiocarbonyl (C=S) groups is 1. The van der Waals surface area contributed by atoms with E-state index in [0.717, 1.165) is 24.3 Å². The standard InChI is InChI=1S/C18H23ClN4S/c1-14(15-6-5-9-20-13-15)23(11-10-22(2)3)18(24)21-17-8-4-7-16(19)12-17/h4-9,12-14H,10-11H2,1-3H3,(H,21,24)/t14-/m1/s1. The molecule has 1 aromatic carbocycles. The van der Waals surface area contributed by atoms with Crippen molar-refractivity contribution in [2.24, 2.45) is 0 Å². The van der Waals surface area contributed by atoms with E-state index in [2.05, 4.69) is 47.2 Å². The molecular formula is C18H23ClN4S. The number of benzene rings is 1. The van der Waals surface area contributed by atoms with Crippen LogP contribution in [0.2, 0.25) is 5.02 Å². The minimum atomic E-state index is 0.123. The third kappa shape index (κ3) is 5.44. The van der Waals surface area contributed by atoms with Gasteiger partial charge in [-0.25, -0.2) is 0 Å². The van der Waals surface area contributed by atoms with E-state index in [-0.39, 0.29) is 6.04 Å². The van der Waals surface area contributed by atoms with Gasteiger partial charge in [-0.15, -0.1) is 0 Å². The van der Waals surface area contributed by atoms with E-state index >= 15 is 0 Å². The maximum atomic E-state index is 6.06. The quantitative estimate of drug-likeness (QED) is 0.783. The number of likely N-dealkylation sites (N-methyl/N-ethyl adjacent to an activating group) is 1. The molecule has 0 spiro atoms. The average molecular weight is 363 g/mol. The molecule has 1 atom stereocenters. The van der Waals surface area contributed by atoms with Crippen molar-refractivity contribution in [3.05, 3.63) is 59.4 Å². The fraction of sp³-hybridized carbons (Fsp3) is 0.333. The smallest absolute Gasteiger partial charge is 0.173 e. The molecule has 0 radical (unpaired) electrons. The second-order valence-electron chi connectivity index (χ2n) is 5.90. The fourth-order valence-electron chi connectivity index (χ4n) is 2.34. The summed E-state index contributed by atoms with van der Waals surface area (Å²) in [6, 6.07) is 11.7. The third-order valence-electron chi connectivity index (χ3n) is 3.76. The number of anilines is 1. The second kappa shape index (κ2) is 8.97. The Hall–Kier alpha value is -1.69. The van der Waals surface area contributed by atoms with Crippen LogP contribution in [0.3, 0.4) is 0 Å².